The summed E-state index contributed by atoms with van der Waals surface area (Å²) in [5.41, 5.74) is 0. The van der Waals surface area contributed by atoms with Crippen molar-refractivity contribution in [3.63, 3.8) is 0 Å². The summed E-state index contributed by atoms with van der Waals surface area (Å²) in [6.07, 6.45) is 4.87. The lowest BCUT2D eigenvalue weighted by molar-refractivity contribution is -0.138. The molecule has 1 fully saturated rings. The maximum absolute atomic E-state index is 12.0. The molecule has 1 aliphatic rings. The first-order valence-corrected chi connectivity index (χ1v) is 7.12. The normalized spacial score (nSPS) is 16.4. The summed E-state index contributed by atoms with van der Waals surface area (Å²) in [6.45, 7) is 5.59. The van der Waals surface area contributed by atoms with E-state index in [9.17, 15) is 9.59 Å². The first-order chi connectivity index (χ1) is 9.58. The predicted molar refractivity (Wildman–Crippen MR) is 74.6 cm³/mol. The molecule has 0 bridgehead atoms. The summed E-state index contributed by atoms with van der Waals surface area (Å²) >= 11 is 0. The van der Waals surface area contributed by atoms with Crippen molar-refractivity contribution in [3.05, 3.63) is 18.2 Å². The molecule has 0 aliphatic carbocycles. The van der Waals surface area contributed by atoms with Crippen LogP contribution < -0.4 is 5.32 Å². The summed E-state index contributed by atoms with van der Waals surface area (Å²) in [6, 6.07) is 0. The van der Waals surface area contributed by atoms with Gasteiger partial charge in [0.15, 0.2) is 0 Å². The fourth-order valence-corrected chi connectivity index (χ4v) is 2.44. The zero-order valence-corrected chi connectivity index (χ0v) is 12.1. The van der Waals surface area contributed by atoms with Gasteiger partial charge in [0.05, 0.1) is 6.54 Å². The molecule has 1 aromatic rings. The maximum atomic E-state index is 12.0. The lowest BCUT2D eigenvalue weighted by Gasteiger charge is -2.32. The Balaban J connectivity index is 1.75. The minimum Gasteiger partial charge on any atom is -0.349 e. The fraction of sp³-hybridized carbons (Fsp3) is 0.643. The van der Waals surface area contributed by atoms with E-state index in [1.807, 2.05) is 18.7 Å². The SMILES string of the molecule is CC(C)C(=O)N1CCC(C(=O)NCc2ncc[nH]2)CC1. The van der Waals surface area contributed by atoms with Crippen LogP contribution >= 0.6 is 0 Å². The van der Waals surface area contributed by atoms with Crippen LogP contribution in [0.3, 0.4) is 0 Å². The van der Waals surface area contributed by atoms with Crippen molar-refractivity contribution in [1.82, 2.24) is 20.2 Å². The molecule has 2 heterocycles. The Morgan fingerprint density at radius 3 is 2.70 bits per heavy atom. The predicted octanol–water partition coefficient (Wildman–Crippen LogP) is 0.920. The second-order valence-corrected chi connectivity index (χ2v) is 5.51. The highest BCUT2D eigenvalue weighted by Crippen LogP contribution is 2.19. The van der Waals surface area contributed by atoms with Gasteiger partial charge in [0.1, 0.15) is 5.82 Å². The van der Waals surface area contributed by atoms with Crippen LogP contribution in [-0.2, 0) is 16.1 Å². The molecule has 20 heavy (non-hydrogen) atoms. The topological polar surface area (TPSA) is 78.1 Å². The molecule has 110 valence electrons. The summed E-state index contributed by atoms with van der Waals surface area (Å²) in [5, 5.41) is 2.89. The van der Waals surface area contributed by atoms with Gasteiger partial charge in [0, 0.05) is 37.3 Å². The molecule has 0 unspecified atom stereocenters. The second kappa shape index (κ2) is 6.54. The molecule has 2 rings (SSSR count). The number of rotatable bonds is 4. The van der Waals surface area contributed by atoms with Gasteiger partial charge < -0.3 is 15.2 Å². The molecule has 0 aromatic carbocycles. The van der Waals surface area contributed by atoms with Crippen LogP contribution in [-0.4, -0.2) is 39.8 Å². The number of carbonyl (C=O) groups excluding carboxylic acids is 2. The number of hydrogen-bond donors (Lipinski definition) is 2. The first kappa shape index (κ1) is 14.6. The van der Waals surface area contributed by atoms with E-state index in [2.05, 4.69) is 15.3 Å². The zero-order valence-electron chi connectivity index (χ0n) is 12.1. The zero-order chi connectivity index (χ0) is 14.5. The molecule has 1 saturated heterocycles. The molecule has 2 amide bonds. The van der Waals surface area contributed by atoms with Crippen LogP contribution in [0.5, 0.6) is 0 Å². The average molecular weight is 278 g/mol. The monoisotopic (exact) mass is 278 g/mol. The number of imidazole rings is 1. The molecule has 0 radical (unpaired) electrons. The maximum Gasteiger partial charge on any atom is 0.225 e. The number of hydrogen-bond acceptors (Lipinski definition) is 3. The highest BCUT2D eigenvalue weighted by molar-refractivity contribution is 5.80. The lowest BCUT2D eigenvalue weighted by Crippen LogP contribution is -2.44. The third kappa shape index (κ3) is 3.59. The van der Waals surface area contributed by atoms with Crippen molar-refractivity contribution in [1.29, 1.82) is 0 Å². The van der Waals surface area contributed by atoms with Gasteiger partial charge in [-0.2, -0.15) is 0 Å². The van der Waals surface area contributed by atoms with E-state index in [0.29, 0.717) is 19.6 Å². The Kier molecular flexibility index (Phi) is 4.76. The van der Waals surface area contributed by atoms with Crippen LogP contribution in [0.1, 0.15) is 32.5 Å². The molecule has 6 nitrogen and oxygen atoms in total. The van der Waals surface area contributed by atoms with Crippen molar-refractivity contribution in [3.8, 4) is 0 Å². The molecule has 0 spiro atoms. The second-order valence-electron chi connectivity index (χ2n) is 5.51. The quantitative estimate of drug-likeness (QED) is 0.859. The van der Waals surface area contributed by atoms with E-state index < -0.39 is 0 Å². The van der Waals surface area contributed by atoms with Crippen LogP contribution in [0.2, 0.25) is 0 Å². The highest BCUT2D eigenvalue weighted by atomic mass is 16.2. The summed E-state index contributed by atoms with van der Waals surface area (Å²) < 4.78 is 0. The van der Waals surface area contributed by atoms with E-state index in [-0.39, 0.29) is 23.7 Å². The molecule has 6 heteroatoms. The smallest absolute Gasteiger partial charge is 0.225 e. The number of H-pyrrole nitrogens is 1. The van der Waals surface area contributed by atoms with Gasteiger partial charge in [-0.3, -0.25) is 9.59 Å². The van der Waals surface area contributed by atoms with E-state index in [1.54, 1.807) is 12.4 Å². The minimum atomic E-state index is 0.00109. The number of nitrogens with one attached hydrogen (secondary N) is 2. The molecule has 2 N–H and O–H groups in total. The van der Waals surface area contributed by atoms with E-state index in [0.717, 1.165) is 18.7 Å². The van der Waals surface area contributed by atoms with Crippen molar-refractivity contribution in [2.75, 3.05) is 13.1 Å². The average Bonchev–Trinajstić information content (AvgIpc) is 2.97. The van der Waals surface area contributed by atoms with Gasteiger partial charge >= 0.3 is 0 Å². The number of likely N-dealkylation sites (tertiary alicyclic amines) is 1. The molecule has 0 atom stereocenters. The van der Waals surface area contributed by atoms with Crippen LogP contribution in [0, 0.1) is 11.8 Å². The first-order valence-electron chi connectivity index (χ1n) is 7.12. The third-order valence-electron chi connectivity index (χ3n) is 3.66. The summed E-state index contributed by atoms with van der Waals surface area (Å²) in [4.78, 5) is 32.8. The number of aromatic amines is 1. The summed E-state index contributed by atoms with van der Waals surface area (Å²) in [7, 11) is 0. The van der Waals surface area contributed by atoms with Crippen LogP contribution in [0.25, 0.3) is 0 Å². The van der Waals surface area contributed by atoms with Crippen molar-refractivity contribution >= 4 is 11.8 Å². The van der Waals surface area contributed by atoms with Gasteiger partial charge in [0.25, 0.3) is 0 Å². The molecular formula is C14H22N4O2. The van der Waals surface area contributed by atoms with E-state index >= 15 is 0 Å². The highest BCUT2D eigenvalue weighted by Gasteiger charge is 2.27. The number of carbonyl (C=O) groups is 2. The Labute approximate surface area is 119 Å². The standard InChI is InChI=1S/C14H22N4O2/c1-10(2)14(20)18-7-3-11(4-8-18)13(19)17-9-12-15-5-6-16-12/h5-6,10-11H,3-4,7-9H2,1-2H3,(H,15,16)(H,17,19). The molecule has 1 aliphatic heterocycles. The number of piperidine rings is 1. The van der Waals surface area contributed by atoms with E-state index in [1.165, 1.54) is 0 Å². The van der Waals surface area contributed by atoms with Crippen molar-refractivity contribution < 1.29 is 9.59 Å². The number of aromatic nitrogens is 2. The Morgan fingerprint density at radius 2 is 2.15 bits per heavy atom. The molecule has 0 saturated carbocycles. The lowest BCUT2D eigenvalue weighted by atomic mass is 9.95. The Morgan fingerprint density at radius 1 is 1.45 bits per heavy atom. The third-order valence-corrected chi connectivity index (χ3v) is 3.66. The fourth-order valence-electron chi connectivity index (χ4n) is 2.44. The van der Waals surface area contributed by atoms with Crippen molar-refractivity contribution in [2.45, 2.75) is 33.2 Å². The number of nitrogens with zero attached hydrogens (tertiary/aromatic N) is 2. The number of amides is 2. The van der Waals surface area contributed by atoms with Gasteiger partial charge in [-0.05, 0) is 12.8 Å². The molecular weight excluding hydrogens is 256 g/mol. The van der Waals surface area contributed by atoms with Crippen LogP contribution in [0.15, 0.2) is 12.4 Å². The Bertz CT molecular complexity index is 448. The van der Waals surface area contributed by atoms with Crippen molar-refractivity contribution in [2.24, 2.45) is 11.8 Å². The van der Waals surface area contributed by atoms with Gasteiger partial charge in [-0.1, -0.05) is 13.8 Å². The van der Waals surface area contributed by atoms with Crippen LogP contribution in [0.4, 0.5) is 0 Å². The molecule has 1 aromatic heterocycles. The van der Waals surface area contributed by atoms with Gasteiger partial charge in [-0.25, -0.2) is 4.98 Å². The Hall–Kier alpha value is -1.85. The van der Waals surface area contributed by atoms with Gasteiger partial charge in [0.2, 0.25) is 11.8 Å². The largest absolute Gasteiger partial charge is 0.349 e. The van der Waals surface area contributed by atoms with Gasteiger partial charge in [-0.15, -0.1) is 0 Å². The minimum absolute atomic E-state index is 0.00109. The van der Waals surface area contributed by atoms with E-state index in [4.69, 9.17) is 0 Å². The summed E-state index contributed by atoms with van der Waals surface area (Å²) in [5.74, 6) is 1.02.